The number of carbonyl (C=O) groups is 2. The molecule has 0 aliphatic heterocycles. The fourth-order valence-corrected chi connectivity index (χ4v) is 2.16. The van der Waals surface area contributed by atoms with Crippen LogP contribution in [0.15, 0.2) is 36.9 Å². The first kappa shape index (κ1) is 16.7. The molecule has 1 aromatic carbocycles. The lowest BCUT2D eigenvalue weighted by atomic mass is 10.1. The van der Waals surface area contributed by atoms with E-state index in [1.54, 1.807) is 12.5 Å². The van der Waals surface area contributed by atoms with Gasteiger partial charge in [-0.1, -0.05) is 6.92 Å². The van der Waals surface area contributed by atoms with Crippen molar-refractivity contribution < 1.29 is 14.0 Å². The monoisotopic (exact) mass is 318 g/mol. The third-order valence-electron chi connectivity index (χ3n) is 3.22. The smallest absolute Gasteiger partial charge is 0.254 e. The minimum absolute atomic E-state index is 0.0916. The molecule has 0 radical (unpaired) electrons. The first-order valence-electron chi connectivity index (χ1n) is 7.27. The van der Waals surface area contributed by atoms with E-state index in [0.717, 1.165) is 6.07 Å². The Hall–Kier alpha value is -2.70. The summed E-state index contributed by atoms with van der Waals surface area (Å²) in [4.78, 5) is 27.1. The van der Waals surface area contributed by atoms with Crippen LogP contribution in [0.3, 0.4) is 0 Å². The van der Waals surface area contributed by atoms with Crippen molar-refractivity contribution in [2.45, 2.75) is 20.4 Å². The third-order valence-corrected chi connectivity index (χ3v) is 3.22. The fourth-order valence-electron chi connectivity index (χ4n) is 2.16. The Balaban J connectivity index is 1.95. The van der Waals surface area contributed by atoms with Gasteiger partial charge in [0.05, 0.1) is 11.9 Å². The molecule has 0 saturated heterocycles. The van der Waals surface area contributed by atoms with Crippen LogP contribution in [0.1, 0.15) is 24.2 Å². The number of hydrogen-bond donors (Lipinski definition) is 2. The van der Waals surface area contributed by atoms with Crippen LogP contribution in [-0.4, -0.2) is 27.9 Å². The molecule has 1 aromatic heterocycles. The Morgan fingerprint density at radius 1 is 1.39 bits per heavy atom. The lowest BCUT2D eigenvalue weighted by molar-refractivity contribution is -0.114. The molecule has 2 aromatic rings. The van der Waals surface area contributed by atoms with E-state index in [4.69, 9.17) is 0 Å². The predicted molar refractivity (Wildman–Crippen MR) is 84.4 cm³/mol. The summed E-state index contributed by atoms with van der Waals surface area (Å²) >= 11 is 0. The zero-order valence-corrected chi connectivity index (χ0v) is 13.0. The molecule has 23 heavy (non-hydrogen) atoms. The lowest BCUT2D eigenvalue weighted by Crippen LogP contribution is -2.30. The van der Waals surface area contributed by atoms with Crippen molar-refractivity contribution >= 4 is 17.5 Å². The van der Waals surface area contributed by atoms with Gasteiger partial charge < -0.3 is 15.2 Å². The summed E-state index contributed by atoms with van der Waals surface area (Å²) in [6.07, 6.45) is 5.23. The van der Waals surface area contributed by atoms with E-state index < -0.39 is 11.7 Å². The number of anilines is 1. The molecule has 0 unspecified atom stereocenters. The Kier molecular flexibility index (Phi) is 5.46. The van der Waals surface area contributed by atoms with E-state index in [0.29, 0.717) is 18.8 Å². The molecular weight excluding hydrogens is 299 g/mol. The molecule has 0 saturated carbocycles. The summed E-state index contributed by atoms with van der Waals surface area (Å²) in [7, 11) is 0. The van der Waals surface area contributed by atoms with E-state index >= 15 is 0 Å². The molecule has 7 heteroatoms. The molecule has 0 aliphatic rings. The normalized spacial score (nSPS) is 11.8. The van der Waals surface area contributed by atoms with Gasteiger partial charge in [-0.2, -0.15) is 0 Å². The Morgan fingerprint density at radius 3 is 2.83 bits per heavy atom. The van der Waals surface area contributed by atoms with Crippen LogP contribution >= 0.6 is 0 Å². The lowest BCUT2D eigenvalue weighted by Gasteiger charge is -2.14. The SMILES string of the molecule is CC(=O)Nc1ccc(F)c(C(=O)NC[C@@H](C)Cn2ccnc2)c1. The summed E-state index contributed by atoms with van der Waals surface area (Å²) in [5, 5.41) is 5.23. The van der Waals surface area contributed by atoms with Crippen molar-refractivity contribution in [2.24, 2.45) is 5.92 Å². The number of carbonyl (C=O) groups excluding carboxylic acids is 2. The first-order chi connectivity index (χ1) is 11.0. The molecule has 2 amide bonds. The first-order valence-corrected chi connectivity index (χ1v) is 7.27. The summed E-state index contributed by atoms with van der Waals surface area (Å²) in [6, 6.07) is 3.90. The Morgan fingerprint density at radius 2 is 2.17 bits per heavy atom. The summed E-state index contributed by atoms with van der Waals surface area (Å²) in [6.45, 7) is 4.43. The van der Waals surface area contributed by atoms with Crippen molar-refractivity contribution in [2.75, 3.05) is 11.9 Å². The molecular formula is C16H19FN4O2. The number of imidazole rings is 1. The zero-order chi connectivity index (χ0) is 16.8. The summed E-state index contributed by atoms with van der Waals surface area (Å²) in [5.74, 6) is -1.25. The average molecular weight is 318 g/mol. The fraction of sp³-hybridized carbons (Fsp3) is 0.312. The van der Waals surface area contributed by atoms with E-state index in [-0.39, 0.29) is 17.4 Å². The van der Waals surface area contributed by atoms with Gasteiger partial charge in [0, 0.05) is 38.1 Å². The largest absolute Gasteiger partial charge is 0.352 e. The third kappa shape index (κ3) is 4.91. The van der Waals surface area contributed by atoms with Crippen LogP contribution < -0.4 is 10.6 Å². The summed E-state index contributed by atoms with van der Waals surface area (Å²) < 4.78 is 15.7. The molecule has 1 heterocycles. The zero-order valence-electron chi connectivity index (χ0n) is 13.0. The van der Waals surface area contributed by atoms with Crippen LogP contribution in [-0.2, 0) is 11.3 Å². The van der Waals surface area contributed by atoms with Crippen molar-refractivity contribution in [3.05, 3.63) is 48.3 Å². The van der Waals surface area contributed by atoms with Gasteiger partial charge in [-0.15, -0.1) is 0 Å². The van der Waals surface area contributed by atoms with Gasteiger partial charge in [0.2, 0.25) is 5.91 Å². The highest BCUT2D eigenvalue weighted by Crippen LogP contribution is 2.15. The second-order valence-corrected chi connectivity index (χ2v) is 5.45. The van der Waals surface area contributed by atoms with Gasteiger partial charge >= 0.3 is 0 Å². The minimum atomic E-state index is -0.626. The number of nitrogens with zero attached hydrogens (tertiary/aromatic N) is 2. The molecule has 2 rings (SSSR count). The summed E-state index contributed by atoms with van der Waals surface area (Å²) in [5.41, 5.74) is 0.293. The number of hydrogen-bond acceptors (Lipinski definition) is 3. The maximum atomic E-state index is 13.8. The van der Waals surface area contributed by atoms with Crippen molar-refractivity contribution in [3.63, 3.8) is 0 Å². The van der Waals surface area contributed by atoms with Gasteiger partial charge in [-0.25, -0.2) is 9.37 Å². The second kappa shape index (κ2) is 7.53. The molecule has 0 aliphatic carbocycles. The van der Waals surface area contributed by atoms with E-state index in [9.17, 15) is 14.0 Å². The topological polar surface area (TPSA) is 76.0 Å². The van der Waals surface area contributed by atoms with Gasteiger partial charge in [0.1, 0.15) is 5.82 Å². The quantitative estimate of drug-likeness (QED) is 0.856. The van der Waals surface area contributed by atoms with Crippen LogP contribution in [0, 0.1) is 11.7 Å². The molecule has 0 spiro atoms. The van der Waals surface area contributed by atoms with Crippen LogP contribution in [0.5, 0.6) is 0 Å². The molecule has 1 atom stereocenters. The maximum Gasteiger partial charge on any atom is 0.254 e. The van der Waals surface area contributed by atoms with Gasteiger partial charge in [0.15, 0.2) is 0 Å². The number of nitrogens with one attached hydrogen (secondary N) is 2. The molecule has 6 nitrogen and oxygen atoms in total. The number of halogens is 1. The highest BCUT2D eigenvalue weighted by molar-refractivity contribution is 5.97. The predicted octanol–water partition coefficient (Wildman–Crippen LogP) is 2.05. The van der Waals surface area contributed by atoms with Gasteiger partial charge in [0.25, 0.3) is 5.91 Å². The van der Waals surface area contributed by atoms with Crippen LogP contribution in [0.25, 0.3) is 0 Å². The van der Waals surface area contributed by atoms with Gasteiger partial charge in [-0.3, -0.25) is 9.59 Å². The van der Waals surface area contributed by atoms with Gasteiger partial charge in [-0.05, 0) is 24.1 Å². The van der Waals surface area contributed by atoms with Crippen molar-refractivity contribution in [1.29, 1.82) is 0 Å². The Bertz CT molecular complexity index is 685. The van der Waals surface area contributed by atoms with E-state index in [2.05, 4.69) is 15.6 Å². The highest BCUT2D eigenvalue weighted by atomic mass is 19.1. The van der Waals surface area contributed by atoms with E-state index in [1.165, 1.54) is 19.1 Å². The number of rotatable bonds is 6. The molecule has 122 valence electrons. The maximum absolute atomic E-state index is 13.8. The number of aromatic nitrogens is 2. The number of amides is 2. The van der Waals surface area contributed by atoms with Crippen LogP contribution in [0.4, 0.5) is 10.1 Å². The van der Waals surface area contributed by atoms with Crippen molar-refractivity contribution in [3.8, 4) is 0 Å². The highest BCUT2D eigenvalue weighted by Gasteiger charge is 2.14. The van der Waals surface area contributed by atoms with Crippen molar-refractivity contribution in [1.82, 2.24) is 14.9 Å². The minimum Gasteiger partial charge on any atom is -0.352 e. The number of benzene rings is 1. The average Bonchev–Trinajstić information content (AvgIpc) is 2.99. The molecule has 2 N–H and O–H groups in total. The Labute approximate surface area is 133 Å². The van der Waals surface area contributed by atoms with Crippen LogP contribution in [0.2, 0.25) is 0 Å². The molecule has 0 fully saturated rings. The standard InChI is InChI=1S/C16H19FN4O2/c1-11(9-21-6-5-18-10-21)8-19-16(23)14-7-13(20-12(2)22)3-4-15(14)17/h3-7,10-11H,8-9H2,1-2H3,(H,19,23)(H,20,22)/t11-/m1/s1. The van der Waals surface area contributed by atoms with E-state index in [1.807, 2.05) is 17.7 Å². The second-order valence-electron chi connectivity index (χ2n) is 5.45. The molecule has 0 bridgehead atoms.